The lowest BCUT2D eigenvalue weighted by atomic mass is 9.66. The lowest BCUT2D eigenvalue weighted by Gasteiger charge is -2.44. The quantitative estimate of drug-likeness (QED) is 0.510. The highest BCUT2D eigenvalue weighted by atomic mass is 32.2. The molecule has 0 saturated carbocycles. The number of carbonyl (C=O) groups is 3. The van der Waals surface area contributed by atoms with Crippen LogP contribution in [0.15, 0.2) is 71.6 Å². The number of esters is 1. The third-order valence-corrected chi connectivity index (χ3v) is 7.84. The van der Waals surface area contributed by atoms with Crippen LogP contribution in [0.2, 0.25) is 0 Å². The summed E-state index contributed by atoms with van der Waals surface area (Å²) in [5.41, 5.74) is -0.237. The van der Waals surface area contributed by atoms with Crippen molar-refractivity contribution in [3.63, 3.8) is 0 Å². The van der Waals surface area contributed by atoms with Gasteiger partial charge in [0.2, 0.25) is 0 Å². The molecule has 0 bridgehead atoms. The van der Waals surface area contributed by atoms with E-state index in [-0.39, 0.29) is 36.7 Å². The van der Waals surface area contributed by atoms with Crippen molar-refractivity contribution in [3.05, 3.63) is 77.9 Å². The zero-order valence-corrected chi connectivity index (χ0v) is 18.4. The Morgan fingerprint density at radius 2 is 1.78 bits per heavy atom. The molecular weight excluding hydrogens is 430 g/mol. The Hall–Kier alpha value is -3.26. The normalized spacial score (nSPS) is 23.0. The predicted octanol–water partition coefficient (Wildman–Crippen LogP) is 2.79. The maximum absolute atomic E-state index is 13.6. The van der Waals surface area contributed by atoms with Crippen LogP contribution in [0, 0.1) is 18.3 Å². The third kappa shape index (κ3) is 3.75. The topological polar surface area (TPSA) is 97.8 Å². The Morgan fingerprint density at radius 3 is 2.47 bits per heavy atom. The summed E-state index contributed by atoms with van der Waals surface area (Å²) in [6, 6.07) is 15.1. The molecular formula is C24H23NO6S. The highest BCUT2D eigenvalue weighted by Crippen LogP contribution is 2.45. The predicted molar refractivity (Wildman–Crippen MR) is 116 cm³/mol. The fraction of sp³-hybridized carbons (Fsp3) is 0.292. The van der Waals surface area contributed by atoms with Gasteiger partial charge in [0.15, 0.2) is 11.2 Å². The molecule has 1 aliphatic heterocycles. The van der Waals surface area contributed by atoms with Crippen LogP contribution >= 0.6 is 0 Å². The first-order chi connectivity index (χ1) is 15.2. The van der Waals surface area contributed by atoms with Gasteiger partial charge in [0.05, 0.1) is 4.90 Å². The molecule has 0 unspecified atom stereocenters. The van der Waals surface area contributed by atoms with Crippen LogP contribution in [0.5, 0.6) is 0 Å². The van der Waals surface area contributed by atoms with Crippen LogP contribution in [-0.4, -0.2) is 36.9 Å². The highest BCUT2D eigenvalue weighted by molar-refractivity contribution is 7.89. The largest absolute Gasteiger partial charge is 0.460 e. The molecule has 1 heterocycles. The summed E-state index contributed by atoms with van der Waals surface area (Å²) in [5.74, 6) is -2.58. The maximum atomic E-state index is 13.6. The molecule has 4 rings (SSSR count). The number of aryl methyl sites for hydroxylation is 1. The first kappa shape index (κ1) is 22.0. The summed E-state index contributed by atoms with van der Waals surface area (Å²) >= 11 is 0. The lowest BCUT2D eigenvalue weighted by Crippen LogP contribution is -2.59. The van der Waals surface area contributed by atoms with Crippen LogP contribution in [0.4, 0.5) is 0 Å². The number of benzene rings is 2. The molecule has 0 N–H and O–H groups in total. The average Bonchev–Trinajstić information content (AvgIpc) is 2.78. The highest BCUT2D eigenvalue weighted by Gasteiger charge is 2.59. The number of piperidine rings is 1. The number of ether oxygens (including phenoxy) is 1. The van der Waals surface area contributed by atoms with Crippen molar-refractivity contribution in [2.24, 2.45) is 11.3 Å². The minimum Gasteiger partial charge on any atom is -0.460 e. The van der Waals surface area contributed by atoms with E-state index >= 15 is 0 Å². The Labute approximate surface area is 186 Å². The second-order valence-electron chi connectivity index (χ2n) is 8.12. The summed E-state index contributed by atoms with van der Waals surface area (Å²) < 4.78 is 32.7. The van der Waals surface area contributed by atoms with E-state index in [4.69, 9.17) is 4.74 Å². The summed E-state index contributed by atoms with van der Waals surface area (Å²) in [7, 11) is -4.17. The number of ketones is 1. The first-order valence-corrected chi connectivity index (χ1v) is 11.8. The van der Waals surface area contributed by atoms with Crippen LogP contribution in [0.3, 0.4) is 0 Å². The summed E-state index contributed by atoms with van der Waals surface area (Å²) in [6.07, 6.45) is 2.59. The van der Waals surface area contributed by atoms with Crippen molar-refractivity contribution in [3.8, 4) is 0 Å². The maximum Gasteiger partial charge on any atom is 0.326 e. The molecule has 2 aromatic rings. The van der Waals surface area contributed by atoms with Crippen molar-refractivity contribution >= 4 is 27.7 Å². The molecule has 0 aromatic heterocycles. The molecule has 1 saturated heterocycles. The second kappa shape index (κ2) is 8.35. The molecule has 32 heavy (non-hydrogen) atoms. The van der Waals surface area contributed by atoms with E-state index in [0.717, 1.165) is 15.4 Å². The van der Waals surface area contributed by atoms with Gasteiger partial charge in [-0.2, -0.15) is 0 Å². The molecule has 2 aliphatic rings. The summed E-state index contributed by atoms with van der Waals surface area (Å²) in [6.45, 7) is 1.66. The van der Waals surface area contributed by atoms with Gasteiger partial charge in [0, 0.05) is 13.0 Å². The number of allylic oxidation sites excluding steroid dienone is 1. The van der Waals surface area contributed by atoms with E-state index in [0.29, 0.717) is 0 Å². The van der Waals surface area contributed by atoms with E-state index < -0.39 is 33.2 Å². The second-order valence-corrected chi connectivity index (χ2v) is 9.98. The SMILES string of the molecule is Cc1ccc(S(=O)(=O)N2CC[C@@H]3CC(=O)C=C[C@]3(C(=O)OCc3ccccc3)C2=O)cc1. The summed E-state index contributed by atoms with van der Waals surface area (Å²) in [4.78, 5) is 38.9. The fourth-order valence-corrected chi connectivity index (χ4v) is 5.67. The van der Waals surface area contributed by atoms with E-state index in [1.54, 1.807) is 36.4 Å². The molecule has 0 spiro atoms. The van der Waals surface area contributed by atoms with Crippen molar-refractivity contribution in [1.82, 2.24) is 4.31 Å². The minimum absolute atomic E-state index is 0.0128. The minimum atomic E-state index is -4.17. The smallest absolute Gasteiger partial charge is 0.326 e. The molecule has 1 aliphatic carbocycles. The number of sulfonamides is 1. The van der Waals surface area contributed by atoms with Crippen LogP contribution in [0.25, 0.3) is 0 Å². The Morgan fingerprint density at radius 1 is 1.09 bits per heavy atom. The number of fused-ring (bicyclic) bond motifs is 1. The zero-order valence-electron chi connectivity index (χ0n) is 17.6. The number of rotatable bonds is 5. The number of carbonyl (C=O) groups excluding carboxylic acids is 3. The molecule has 1 fully saturated rings. The fourth-order valence-electron chi connectivity index (χ4n) is 4.22. The monoisotopic (exact) mass is 453 g/mol. The molecule has 166 valence electrons. The third-order valence-electron chi connectivity index (χ3n) is 6.04. The number of hydrogen-bond donors (Lipinski definition) is 0. The summed E-state index contributed by atoms with van der Waals surface area (Å²) in [5, 5.41) is 0. The molecule has 2 atom stereocenters. The molecule has 2 aromatic carbocycles. The van der Waals surface area contributed by atoms with Gasteiger partial charge in [0.25, 0.3) is 15.9 Å². The van der Waals surface area contributed by atoms with Gasteiger partial charge in [-0.15, -0.1) is 0 Å². The number of amides is 1. The van der Waals surface area contributed by atoms with Crippen LogP contribution in [-0.2, 0) is 35.8 Å². The average molecular weight is 454 g/mol. The van der Waals surface area contributed by atoms with Gasteiger partial charge in [-0.05, 0) is 43.0 Å². The van der Waals surface area contributed by atoms with Gasteiger partial charge >= 0.3 is 5.97 Å². The number of hydrogen-bond acceptors (Lipinski definition) is 6. The Kier molecular flexibility index (Phi) is 5.73. The Bertz CT molecular complexity index is 1190. The van der Waals surface area contributed by atoms with E-state index in [1.165, 1.54) is 24.3 Å². The first-order valence-electron chi connectivity index (χ1n) is 10.3. The van der Waals surface area contributed by atoms with Gasteiger partial charge in [-0.3, -0.25) is 14.4 Å². The molecule has 1 amide bonds. The van der Waals surface area contributed by atoms with E-state index in [1.807, 2.05) is 13.0 Å². The van der Waals surface area contributed by atoms with Gasteiger partial charge in [0.1, 0.15) is 6.61 Å². The van der Waals surface area contributed by atoms with Crippen molar-refractivity contribution in [1.29, 1.82) is 0 Å². The lowest BCUT2D eigenvalue weighted by molar-refractivity contribution is -0.168. The van der Waals surface area contributed by atoms with Crippen LogP contribution < -0.4 is 0 Å². The molecule has 0 radical (unpaired) electrons. The standard InChI is InChI=1S/C24H23NO6S/c1-17-7-9-21(10-8-17)32(29,30)25-14-12-19-15-20(26)11-13-24(19,22(25)27)23(28)31-16-18-5-3-2-4-6-18/h2-11,13,19H,12,14-16H2,1H3/t19-,24-/m1/s1. The van der Waals surface area contributed by atoms with Crippen molar-refractivity contribution in [2.45, 2.75) is 31.3 Å². The van der Waals surface area contributed by atoms with Crippen molar-refractivity contribution < 1.29 is 27.5 Å². The van der Waals surface area contributed by atoms with Crippen LogP contribution in [0.1, 0.15) is 24.0 Å². The van der Waals surface area contributed by atoms with Gasteiger partial charge in [-0.1, -0.05) is 54.1 Å². The molecule has 7 nitrogen and oxygen atoms in total. The van der Waals surface area contributed by atoms with E-state index in [2.05, 4.69) is 0 Å². The Balaban J connectivity index is 1.69. The van der Waals surface area contributed by atoms with Gasteiger partial charge < -0.3 is 4.74 Å². The zero-order chi connectivity index (χ0) is 22.9. The van der Waals surface area contributed by atoms with Crippen molar-refractivity contribution in [2.75, 3.05) is 6.54 Å². The van der Waals surface area contributed by atoms with E-state index in [9.17, 15) is 22.8 Å². The van der Waals surface area contributed by atoms with Gasteiger partial charge in [-0.25, -0.2) is 12.7 Å². The molecule has 8 heteroatoms. The number of nitrogens with zero attached hydrogens (tertiary/aromatic N) is 1.